The van der Waals surface area contributed by atoms with Crippen LogP contribution in [-0.2, 0) is 0 Å². The summed E-state index contributed by atoms with van der Waals surface area (Å²) in [4.78, 5) is 13.6. The number of anilines is 1. The molecule has 100 valence electrons. The van der Waals surface area contributed by atoms with Crippen molar-refractivity contribution < 1.29 is 4.79 Å². The van der Waals surface area contributed by atoms with Crippen LogP contribution in [0.25, 0.3) is 0 Å². The SMILES string of the molecule is CCCCN(c1ccc(C)cc1C=O)C(C)CC. The molecule has 0 radical (unpaired) electrons. The first kappa shape index (κ1) is 14.7. The maximum Gasteiger partial charge on any atom is 0.152 e. The number of benzene rings is 1. The van der Waals surface area contributed by atoms with E-state index in [0.29, 0.717) is 6.04 Å². The van der Waals surface area contributed by atoms with Crippen molar-refractivity contribution in [2.75, 3.05) is 11.4 Å². The Morgan fingerprint density at radius 3 is 2.61 bits per heavy atom. The molecule has 18 heavy (non-hydrogen) atoms. The number of carbonyl (C=O) groups excluding carboxylic acids is 1. The van der Waals surface area contributed by atoms with Crippen LogP contribution in [0.1, 0.15) is 56.0 Å². The molecule has 1 rings (SSSR count). The van der Waals surface area contributed by atoms with E-state index in [0.717, 1.165) is 42.5 Å². The Kier molecular flexibility index (Phi) is 5.90. The van der Waals surface area contributed by atoms with E-state index in [1.54, 1.807) is 0 Å². The van der Waals surface area contributed by atoms with E-state index in [-0.39, 0.29) is 0 Å². The quantitative estimate of drug-likeness (QED) is 0.673. The number of unbranched alkanes of at least 4 members (excludes halogenated alkanes) is 1. The third kappa shape index (κ3) is 3.59. The molecule has 0 aliphatic heterocycles. The highest BCUT2D eigenvalue weighted by atomic mass is 16.1. The molecule has 0 saturated heterocycles. The average molecular weight is 247 g/mol. The van der Waals surface area contributed by atoms with Gasteiger partial charge in [-0.05, 0) is 38.8 Å². The zero-order valence-electron chi connectivity index (χ0n) is 12.1. The van der Waals surface area contributed by atoms with Gasteiger partial charge in [-0.3, -0.25) is 4.79 Å². The van der Waals surface area contributed by atoms with E-state index in [9.17, 15) is 4.79 Å². The summed E-state index contributed by atoms with van der Waals surface area (Å²) in [6.07, 6.45) is 4.41. The van der Waals surface area contributed by atoms with Gasteiger partial charge in [-0.15, -0.1) is 0 Å². The normalized spacial score (nSPS) is 12.2. The fourth-order valence-corrected chi connectivity index (χ4v) is 2.16. The van der Waals surface area contributed by atoms with Crippen molar-refractivity contribution in [3.63, 3.8) is 0 Å². The summed E-state index contributed by atoms with van der Waals surface area (Å²) in [5.74, 6) is 0. The highest BCUT2D eigenvalue weighted by molar-refractivity contribution is 5.85. The molecule has 1 atom stereocenters. The minimum absolute atomic E-state index is 0.470. The van der Waals surface area contributed by atoms with Gasteiger partial charge in [-0.25, -0.2) is 0 Å². The monoisotopic (exact) mass is 247 g/mol. The van der Waals surface area contributed by atoms with Gasteiger partial charge >= 0.3 is 0 Å². The van der Waals surface area contributed by atoms with E-state index >= 15 is 0 Å². The molecule has 1 aromatic carbocycles. The molecule has 0 amide bonds. The first-order valence-electron chi connectivity index (χ1n) is 6.96. The van der Waals surface area contributed by atoms with Crippen LogP contribution < -0.4 is 4.90 Å². The predicted octanol–water partition coefficient (Wildman–Crippen LogP) is 4.21. The van der Waals surface area contributed by atoms with Gasteiger partial charge in [0.15, 0.2) is 6.29 Å². The number of hydrogen-bond acceptors (Lipinski definition) is 2. The standard InChI is InChI=1S/C16H25NO/c1-5-7-10-17(14(4)6-2)16-9-8-13(3)11-15(16)12-18/h8-9,11-12,14H,5-7,10H2,1-4H3. The molecule has 0 aliphatic carbocycles. The Morgan fingerprint density at radius 1 is 1.33 bits per heavy atom. The lowest BCUT2D eigenvalue weighted by molar-refractivity contribution is 0.112. The van der Waals surface area contributed by atoms with Crippen LogP contribution in [0.5, 0.6) is 0 Å². The summed E-state index contributed by atoms with van der Waals surface area (Å²) in [5.41, 5.74) is 3.03. The largest absolute Gasteiger partial charge is 0.368 e. The number of rotatable bonds is 7. The first-order valence-corrected chi connectivity index (χ1v) is 6.96. The molecule has 0 bridgehead atoms. The summed E-state index contributed by atoms with van der Waals surface area (Å²) in [5, 5.41) is 0. The highest BCUT2D eigenvalue weighted by Gasteiger charge is 2.15. The van der Waals surface area contributed by atoms with Gasteiger partial charge in [-0.1, -0.05) is 31.9 Å². The molecule has 0 fully saturated rings. The first-order chi connectivity index (χ1) is 8.63. The van der Waals surface area contributed by atoms with Crippen LogP contribution in [0.2, 0.25) is 0 Å². The second-order valence-corrected chi connectivity index (χ2v) is 4.98. The lowest BCUT2D eigenvalue weighted by Gasteiger charge is -2.32. The Hall–Kier alpha value is -1.31. The van der Waals surface area contributed by atoms with Gasteiger partial charge < -0.3 is 4.90 Å². The third-order valence-electron chi connectivity index (χ3n) is 3.49. The Morgan fingerprint density at radius 2 is 2.06 bits per heavy atom. The van der Waals surface area contributed by atoms with Crippen molar-refractivity contribution >= 4 is 12.0 Å². The molecule has 0 aliphatic rings. The van der Waals surface area contributed by atoms with Gasteiger partial charge in [-0.2, -0.15) is 0 Å². The molecule has 1 unspecified atom stereocenters. The van der Waals surface area contributed by atoms with Gasteiger partial charge in [0, 0.05) is 23.8 Å². The number of aldehydes is 1. The van der Waals surface area contributed by atoms with Crippen molar-refractivity contribution in [3.8, 4) is 0 Å². The van der Waals surface area contributed by atoms with Crippen LogP contribution in [0.15, 0.2) is 18.2 Å². The van der Waals surface area contributed by atoms with Crippen LogP contribution in [0.3, 0.4) is 0 Å². The maximum absolute atomic E-state index is 11.2. The Bertz CT molecular complexity index is 387. The molecule has 0 aromatic heterocycles. The van der Waals surface area contributed by atoms with E-state index in [4.69, 9.17) is 0 Å². The van der Waals surface area contributed by atoms with E-state index in [1.165, 1.54) is 6.42 Å². The summed E-state index contributed by atoms with van der Waals surface area (Å²) < 4.78 is 0. The molecule has 1 aromatic rings. The van der Waals surface area contributed by atoms with E-state index in [1.807, 2.05) is 13.0 Å². The number of nitrogens with zero attached hydrogens (tertiary/aromatic N) is 1. The van der Waals surface area contributed by atoms with Gasteiger partial charge in [0.25, 0.3) is 0 Å². The van der Waals surface area contributed by atoms with Crippen molar-refractivity contribution in [1.29, 1.82) is 0 Å². The summed E-state index contributed by atoms with van der Waals surface area (Å²) in [6, 6.07) is 6.62. The van der Waals surface area contributed by atoms with Crippen LogP contribution in [0, 0.1) is 6.92 Å². The minimum atomic E-state index is 0.470. The van der Waals surface area contributed by atoms with Gasteiger partial charge in [0.1, 0.15) is 0 Å². The van der Waals surface area contributed by atoms with Crippen LogP contribution in [0.4, 0.5) is 5.69 Å². The number of hydrogen-bond donors (Lipinski definition) is 0. The number of carbonyl (C=O) groups is 1. The molecular weight excluding hydrogens is 222 g/mol. The fraction of sp³-hybridized carbons (Fsp3) is 0.562. The third-order valence-corrected chi connectivity index (χ3v) is 3.49. The summed E-state index contributed by atoms with van der Waals surface area (Å²) in [6.45, 7) is 9.67. The van der Waals surface area contributed by atoms with Crippen molar-refractivity contribution in [1.82, 2.24) is 0 Å². The highest BCUT2D eigenvalue weighted by Crippen LogP contribution is 2.24. The van der Waals surface area contributed by atoms with Crippen LogP contribution in [-0.4, -0.2) is 18.9 Å². The Labute approximate surface area is 111 Å². The summed E-state index contributed by atoms with van der Waals surface area (Å²) >= 11 is 0. The van der Waals surface area contributed by atoms with E-state index in [2.05, 4.69) is 37.8 Å². The molecule has 0 N–H and O–H groups in total. The lowest BCUT2D eigenvalue weighted by Crippen LogP contribution is -2.34. The molecule has 0 spiro atoms. The predicted molar refractivity (Wildman–Crippen MR) is 78.6 cm³/mol. The fourth-order valence-electron chi connectivity index (χ4n) is 2.16. The second-order valence-electron chi connectivity index (χ2n) is 4.98. The van der Waals surface area contributed by atoms with E-state index < -0.39 is 0 Å². The number of aryl methyl sites for hydroxylation is 1. The molecule has 0 heterocycles. The Balaban J connectivity index is 3.07. The molecule has 2 heteroatoms. The maximum atomic E-state index is 11.2. The summed E-state index contributed by atoms with van der Waals surface area (Å²) in [7, 11) is 0. The van der Waals surface area contributed by atoms with Gasteiger partial charge in [0.05, 0.1) is 0 Å². The molecular formula is C16H25NO. The molecule has 0 saturated carbocycles. The van der Waals surface area contributed by atoms with Crippen molar-refractivity contribution in [3.05, 3.63) is 29.3 Å². The smallest absolute Gasteiger partial charge is 0.152 e. The van der Waals surface area contributed by atoms with Crippen LogP contribution >= 0.6 is 0 Å². The van der Waals surface area contributed by atoms with Crippen molar-refractivity contribution in [2.45, 2.75) is 53.0 Å². The topological polar surface area (TPSA) is 20.3 Å². The second kappa shape index (κ2) is 7.20. The zero-order valence-corrected chi connectivity index (χ0v) is 12.1. The lowest BCUT2D eigenvalue weighted by atomic mass is 10.1. The average Bonchev–Trinajstić information content (AvgIpc) is 2.39. The molecule has 2 nitrogen and oxygen atoms in total. The van der Waals surface area contributed by atoms with Crippen molar-refractivity contribution in [2.24, 2.45) is 0 Å². The zero-order chi connectivity index (χ0) is 13.5. The van der Waals surface area contributed by atoms with Gasteiger partial charge in [0.2, 0.25) is 0 Å². The minimum Gasteiger partial charge on any atom is -0.368 e.